The summed E-state index contributed by atoms with van der Waals surface area (Å²) in [5.41, 5.74) is 0. The van der Waals surface area contributed by atoms with E-state index in [0.29, 0.717) is 6.04 Å². The van der Waals surface area contributed by atoms with Crippen molar-refractivity contribution >= 4 is 11.6 Å². The monoisotopic (exact) mass is 230 g/mol. The molecule has 1 N–H and O–H groups in total. The molecule has 0 spiro atoms. The van der Waals surface area contributed by atoms with Crippen molar-refractivity contribution in [1.82, 2.24) is 10.2 Å². The molecule has 0 amide bonds. The molecule has 0 aliphatic carbocycles. The molecule has 1 saturated heterocycles. The third kappa shape index (κ3) is 5.55. The fourth-order valence-corrected chi connectivity index (χ4v) is 2.35. The summed E-state index contributed by atoms with van der Waals surface area (Å²) in [6, 6.07) is 0.654. The van der Waals surface area contributed by atoms with Crippen molar-refractivity contribution in [2.75, 3.05) is 26.2 Å². The molecule has 1 aliphatic heterocycles. The third-order valence-electron chi connectivity index (χ3n) is 2.83. The van der Waals surface area contributed by atoms with Gasteiger partial charge in [-0.3, -0.25) is 4.90 Å². The first kappa shape index (κ1) is 13.0. The summed E-state index contributed by atoms with van der Waals surface area (Å²) < 4.78 is 0. The van der Waals surface area contributed by atoms with Gasteiger partial charge in [-0.25, -0.2) is 0 Å². The van der Waals surface area contributed by atoms with Crippen LogP contribution >= 0.6 is 11.6 Å². The molecular weight excluding hydrogens is 208 g/mol. The average molecular weight is 231 g/mol. The Hall–Kier alpha value is -0.0500. The Labute approximate surface area is 98.7 Å². The molecule has 3 heteroatoms. The normalized spacial score (nSPS) is 21.9. The Bertz CT molecular complexity index is 188. The molecule has 0 saturated carbocycles. The summed E-state index contributed by atoms with van der Waals surface area (Å²) in [4.78, 5) is 2.40. The van der Waals surface area contributed by atoms with E-state index in [1.54, 1.807) is 0 Å². The van der Waals surface area contributed by atoms with Crippen LogP contribution in [0.5, 0.6) is 0 Å². The van der Waals surface area contributed by atoms with Crippen LogP contribution in [0.2, 0.25) is 0 Å². The van der Waals surface area contributed by atoms with Crippen LogP contribution in [-0.4, -0.2) is 37.1 Å². The van der Waals surface area contributed by atoms with E-state index >= 15 is 0 Å². The topological polar surface area (TPSA) is 15.3 Å². The lowest BCUT2D eigenvalue weighted by atomic mass is 10.0. The second-order valence-corrected chi connectivity index (χ2v) is 4.93. The molecular formula is C12H23ClN2. The van der Waals surface area contributed by atoms with E-state index in [4.69, 9.17) is 11.6 Å². The summed E-state index contributed by atoms with van der Waals surface area (Å²) in [5.74, 6) is 0. The second-order valence-electron chi connectivity index (χ2n) is 4.40. The molecule has 15 heavy (non-hydrogen) atoms. The molecule has 0 aromatic rings. The second kappa shape index (κ2) is 7.26. The highest BCUT2D eigenvalue weighted by Crippen LogP contribution is 2.10. The van der Waals surface area contributed by atoms with Crippen LogP contribution in [0.4, 0.5) is 0 Å². The van der Waals surface area contributed by atoms with Crippen molar-refractivity contribution in [3.63, 3.8) is 0 Å². The maximum Gasteiger partial charge on any atom is 0.0336 e. The highest BCUT2D eigenvalue weighted by atomic mass is 35.5. The molecule has 1 aliphatic rings. The number of hydrogen-bond donors (Lipinski definition) is 1. The van der Waals surface area contributed by atoms with E-state index in [2.05, 4.69) is 23.7 Å². The minimum atomic E-state index is 0.654. The van der Waals surface area contributed by atoms with Gasteiger partial charge >= 0.3 is 0 Å². The summed E-state index contributed by atoms with van der Waals surface area (Å²) in [7, 11) is 0. The van der Waals surface area contributed by atoms with Crippen LogP contribution in [0.1, 0.15) is 32.6 Å². The summed E-state index contributed by atoms with van der Waals surface area (Å²) in [6.07, 6.45) is 5.16. The van der Waals surface area contributed by atoms with E-state index in [1.807, 2.05) is 0 Å². The van der Waals surface area contributed by atoms with Gasteiger partial charge in [0.2, 0.25) is 0 Å². The molecule has 1 atom stereocenters. The molecule has 1 heterocycles. The van der Waals surface area contributed by atoms with Crippen molar-refractivity contribution in [2.24, 2.45) is 0 Å². The van der Waals surface area contributed by atoms with Gasteiger partial charge < -0.3 is 5.32 Å². The zero-order valence-electron chi connectivity index (χ0n) is 9.77. The van der Waals surface area contributed by atoms with Gasteiger partial charge in [-0.2, -0.15) is 0 Å². The zero-order valence-corrected chi connectivity index (χ0v) is 10.5. The molecule has 0 aromatic carbocycles. The van der Waals surface area contributed by atoms with Gasteiger partial charge in [-0.15, -0.1) is 0 Å². The van der Waals surface area contributed by atoms with Crippen LogP contribution in [0, 0.1) is 0 Å². The van der Waals surface area contributed by atoms with Crippen LogP contribution in [0.3, 0.4) is 0 Å². The van der Waals surface area contributed by atoms with E-state index in [9.17, 15) is 0 Å². The van der Waals surface area contributed by atoms with Crippen LogP contribution in [0.15, 0.2) is 11.6 Å². The molecule has 1 rings (SSSR count). The minimum Gasteiger partial charge on any atom is -0.313 e. The van der Waals surface area contributed by atoms with Crippen molar-refractivity contribution in [2.45, 2.75) is 38.6 Å². The Morgan fingerprint density at radius 1 is 1.53 bits per heavy atom. The minimum absolute atomic E-state index is 0.654. The van der Waals surface area contributed by atoms with Crippen molar-refractivity contribution in [1.29, 1.82) is 0 Å². The highest BCUT2D eigenvalue weighted by Gasteiger charge is 2.16. The Kier molecular flexibility index (Phi) is 6.30. The van der Waals surface area contributed by atoms with Crippen molar-refractivity contribution in [3.8, 4) is 0 Å². The maximum atomic E-state index is 5.87. The van der Waals surface area contributed by atoms with Gasteiger partial charge in [0.05, 0.1) is 0 Å². The number of hydrogen-bond acceptors (Lipinski definition) is 2. The van der Waals surface area contributed by atoms with Crippen LogP contribution in [-0.2, 0) is 0 Å². The quantitative estimate of drug-likeness (QED) is 0.755. The number of nitrogens with one attached hydrogen (secondary N) is 1. The van der Waals surface area contributed by atoms with Gasteiger partial charge in [-0.1, -0.05) is 31.5 Å². The van der Waals surface area contributed by atoms with Gasteiger partial charge in [0, 0.05) is 24.2 Å². The zero-order chi connectivity index (χ0) is 11.1. The molecule has 88 valence electrons. The predicted octanol–water partition coefficient (Wildman–Crippen LogP) is 2.59. The summed E-state index contributed by atoms with van der Waals surface area (Å²) in [6.45, 7) is 10.2. The first-order valence-corrected chi connectivity index (χ1v) is 6.39. The Morgan fingerprint density at radius 2 is 2.33 bits per heavy atom. The lowest BCUT2D eigenvalue weighted by molar-refractivity contribution is 0.241. The smallest absolute Gasteiger partial charge is 0.0336 e. The molecule has 0 bridgehead atoms. The molecule has 0 aromatic heterocycles. The fraction of sp³-hybridized carbons (Fsp3) is 0.833. The number of nitrogens with zero attached hydrogens (tertiary/aromatic N) is 1. The maximum absolute atomic E-state index is 5.87. The first-order valence-electron chi connectivity index (χ1n) is 6.01. The SMILES string of the molecule is C=C(Cl)CN(CCC)CC1CCCCN1. The molecule has 1 unspecified atom stereocenters. The number of halogens is 1. The Morgan fingerprint density at radius 3 is 2.87 bits per heavy atom. The third-order valence-corrected chi connectivity index (χ3v) is 2.95. The first-order chi connectivity index (χ1) is 7.22. The Balaban J connectivity index is 2.31. The van der Waals surface area contributed by atoms with Gasteiger partial charge in [0.25, 0.3) is 0 Å². The fourth-order valence-electron chi connectivity index (χ4n) is 2.19. The summed E-state index contributed by atoms with van der Waals surface area (Å²) >= 11 is 5.87. The van der Waals surface area contributed by atoms with Crippen molar-refractivity contribution < 1.29 is 0 Å². The van der Waals surface area contributed by atoms with E-state index in [1.165, 1.54) is 32.2 Å². The predicted molar refractivity (Wildman–Crippen MR) is 67.4 cm³/mol. The molecule has 1 fully saturated rings. The van der Waals surface area contributed by atoms with E-state index in [0.717, 1.165) is 24.7 Å². The van der Waals surface area contributed by atoms with E-state index < -0.39 is 0 Å². The van der Waals surface area contributed by atoms with Crippen LogP contribution in [0.25, 0.3) is 0 Å². The standard InChI is InChI=1S/C12H23ClN2/c1-3-8-15(9-11(2)13)10-12-6-4-5-7-14-12/h12,14H,2-10H2,1H3. The molecule has 0 radical (unpaired) electrons. The lowest BCUT2D eigenvalue weighted by Gasteiger charge is -2.30. The molecule has 2 nitrogen and oxygen atoms in total. The average Bonchev–Trinajstić information content (AvgIpc) is 2.18. The number of rotatable bonds is 6. The van der Waals surface area contributed by atoms with Gasteiger partial charge in [0.1, 0.15) is 0 Å². The van der Waals surface area contributed by atoms with Crippen molar-refractivity contribution in [3.05, 3.63) is 11.6 Å². The lowest BCUT2D eigenvalue weighted by Crippen LogP contribution is -2.44. The van der Waals surface area contributed by atoms with Crippen LogP contribution < -0.4 is 5.32 Å². The van der Waals surface area contributed by atoms with Gasteiger partial charge in [0.15, 0.2) is 0 Å². The highest BCUT2D eigenvalue weighted by molar-refractivity contribution is 6.29. The van der Waals surface area contributed by atoms with Gasteiger partial charge in [-0.05, 0) is 32.4 Å². The number of piperidine rings is 1. The largest absolute Gasteiger partial charge is 0.313 e. The van der Waals surface area contributed by atoms with E-state index in [-0.39, 0.29) is 0 Å². The summed E-state index contributed by atoms with van der Waals surface area (Å²) in [5, 5.41) is 4.32.